The first kappa shape index (κ1) is 11.5. The number of hydrogen-bond acceptors (Lipinski definition) is 3. The van der Waals surface area contributed by atoms with Crippen molar-refractivity contribution in [3.63, 3.8) is 0 Å². The van der Waals surface area contributed by atoms with E-state index in [1.54, 1.807) is 0 Å². The smallest absolute Gasteiger partial charge is 0.0687 e. The summed E-state index contributed by atoms with van der Waals surface area (Å²) >= 11 is 0. The van der Waals surface area contributed by atoms with Gasteiger partial charge >= 0.3 is 0 Å². The molecule has 0 spiro atoms. The maximum Gasteiger partial charge on any atom is 0.0687 e. The van der Waals surface area contributed by atoms with Crippen molar-refractivity contribution < 1.29 is 5.11 Å². The van der Waals surface area contributed by atoms with E-state index >= 15 is 0 Å². The molecule has 80 valence electrons. The van der Waals surface area contributed by atoms with E-state index in [2.05, 4.69) is 11.0 Å². The second-order valence-electron chi connectivity index (χ2n) is 4.69. The molecular formula is C11H20N2O. The van der Waals surface area contributed by atoms with Crippen molar-refractivity contribution in [1.29, 1.82) is 5.26 Å². The summed E-state index contributed by atoms with van der Waals surface area (Å²) in [7, 11) is 0. The van der Waals surface area contributed by atoms with Gasteiger partial charge < -0.3 is 5.11 Å². The van der Waals surface area contributed by atoms with Crippen LogP contribution in [-0.2, 0) is 0 Å². The third-order valence-electron chi connectivity index (χ3n) is 3.45. The lowest BCUT2D eigenvalue weighted by Crippen LogP contribution is -2.46. The standard InChI is InChI=1S/C11H20N2O/c1-9(10(2)14)13-6-4-11(3,8-12)5-7-13/h9-10,14H,4-7H2,1-3H3. The summed E-state index contributed by atoms with van der Waals surface area (Å²) in [5, 5.41) is 18.4. The first-order valence-corrected chi connectivity index (χ1v) is 5.32. The number of hydrogen-bond donors (Lipinski definition) is 1. The Morgan fingerprint density at radius 1 is 1.36 bits per heavy atom. The Labute approximate surface area is 86.3 Å². The molecule has 1 aliphatic rings. The molecule has 0 radical (unpaired) electrons. The van der Waals surface area contributed by atoms with Crippen LogP contribution in [-0.4, -0.2) is 35.2 Å². The van der Waals surface area contributed by atoms with Gasteiger partial charge in [0.25, 0.3) is 0 Å². The van der Waals surface area contributed by atoms with Gasteiger partial charge in [-0.05, 0) is 33.6 Å². The van der Waals surface area contributed by atoms with E-state index in [0.717, 1.165) is 25.9 Å². The average molecular weight is 196 g/mol. The molecule has 0 saturated carbocycles. The largest absolute Gasteiger partial charge is 0.392 e. The zero-order valence-electron chi connectivity index (χ0n) is 9.32. The van der Waals surface area contributed by atoms with Crippen LogP contribution in [0.3, 0.4) is 0 Å². The second-order valence-corrected chi connectivity index (χ2v) is 4.69. The molecule has 1 rings (SSSR count). The van der Waals surface area contributed by atoms with E-state index in [1.165, 1.54) is 0 Å². The van der Waals surface area contributed by atoms with Crippen LogP contribution in [0.15, 0.2) is 0 Å². The van der Waals surface area contributed by atoms with Crippen molar-refractivity contribution in [3.8, 4) is 6.07 Å². The summed E-state index contributed by atoms with van der Waals surface area (Å²) in [6.07, 6.45) is 1.54. The van der Waals surface area contributed by atoms with Gasteiger partial charge in [-0.15, -0.1) is 0 Å². The molecule has 1 saturated heterocycles. The summed E-state index contributed by atoms with van der Waals surface area (Å²) < 4.78 is 0. The van der Waals surface area contributed by atoms with Crippen molar-refractivity contribution >= 4 is 0 Å². The lowest BCUT2D eigenvalue weighted by molar-refractivity contribution is 0.0402. The molecule has 3 heteroatoms. The highest BCUT2D eigenvalue weighted by Crippen LogP contribution is 2.30. The van der Waals surface area contributed by atoms with Gasteiger partial charge in [0.2, 0.25) is 0 Å². The molecule has 2 atom stereocenters. The Hall–Kier alpha value is -0.590. The van der Waals surface area contributed by atoms with Crippen LogP contribution in [0.1, 0.15) is 33.6 Å². The minimum absolute atomic E-state index is 0.144. The van der Waals surface area contributed by atoms with Gasteiger partial charge in [-0.3, -0.25) is 4.90 Å². The fraction of sp³-hybridized carbons (Fsp3) is 0.909. The molecule has 0 aromatic rings. The first-order chi connectivity index (χ1) is 6.48. The van der Waals surface area contributed by atoms with Gasteiger partial charge in [0, 0.05) is 19.1 Å². The predicted octanol–water partition coefficient (Wildman–Crippen LogP) is 1.38. The average Bonchev–Trinajstić information content (AvgIpc) is 2.18. The number of piperidine rings is 1. The monoisotopic (exact) mass is 196 g/mol. The lowest BCUT2D eigenvalue weighted by Gasteiger charge is -2.39. The van der Waals surface area contributed by atoms with Crippen LogP contribution in [0.5, 0.6) is 0 Å². The molecule has 1 heterocycles. The van der Waals surface area contributed by atoms with Crippen LogP contribution in [0.4, 0.5) is 0 Å². The molecular weight excluding hydrogens is 176 g/mol. The van der Waals surface area contributed by atoms with Crippen molar-refractivity contribution in [1.82, 2.24) is 4.90 Å². The molecule has 0 aromatic carbocycles. The maximum absolute atomic E-state index is 9.45. The second kappa shape index (κ2) is 4.29. The number of nitriles is 1. The summed E-state index contributed by atoms with van der Waals surface area (Å²) in [5.74, 6) is 0. The number of nitrogens with zero attached hydrogens (tertiary/aromatic N) is 2. The van der Waals surface area contributed by atoms with Crippen LogP contribution in [0, 0.1) is 16.7 Å². The van der Waals surface area contributed by atoms with E-state index in [9.17, 15) is 5.11 Å². The Balaban J connectivity index is 2.48. The summed E-state index contributed by atoms with van der Waals surface area (Å²) in [4.78, 5) is 2.27. The van der Waals surface area contributed by atoms with Gasteiger partial charge in [0.1, 0.15) is 0 Å². The van der Waals surface area contributed by atoms with Crippen LogP contribution in [0.25, 0.3) is 0 Å². The van der Waals surface area contributed by atoms with E-state index in [0.29, 0.717) is 0 Å². The molecule has 14 heavy (non-hydrogen) atoms. The molecule has 1 fully saturated rings. The van der Waals surface area contributed by atoms with Gasteiger partial charge in [0.05, 0.1) is 17.6 Å². The number of rotatable bonds is 2. The number of aliphatic hydroxyl groups excluding tert-OH is 1. The minimum Gasteiger partial charge on any atom is -0.392 e. The van der Waals surface area contributed by atoms with E-state index in [4.69, 9.17) is 5.26 Å². The molecule has 3 nitrogen and oxygen atoms in total. The fourth-order valence-corrected chi connectivity index (χ4v) is 1.84. The summed E-state index contributed by atoms with van der Waals surface area (Å²) in [6.45, 7) is 7.74. The molecule has 0 aromatic heterocycles. The Bertz CT molecular complexity index is 224. The molecule has 2 unspecified atom stereocenters. The zero-order valence-corrected chi connectivity index (χ0v) is 9.32. The molecule has 1 N–H and O–H groups in total. The van der Waals surface area contributed by atoms with Crippen molar-refractivity contribution in [2.24, 2.45) is 5.41 Å². The number of aliphatic hydroxyl groups is 1. The normalized spacial score (nSPS) is 26.5. The molecule has 1 aliphatic heterocycles. The van der Waals surface area contributed by atoms with Gasteiger partial charge in [-0.2, -0.15) is 5.26 Å². The SMILES string of the molecule is CC(O)C(C)N1CCC(C)(C#N)CC1. The maximum atomic E-state index is 9.45. The highest BCUT2D eigenvalue weighted by molar-refractivity contribution is 4.99. The Morgan fingerprint density at radius 2 is 1.86 bits per heavy atom. The van der Waals surface area contributed by atoms with E-state index in [1.807, 2.05) is 20.8 Å². The van der Waals surface area contributed by atoms with Crippen LogP contribution >= 0.6 is 0 Å². The Morgan fingerprint density at radius 3 is 2.21 bits per heavy atom. The van der Waals surface area contributed by atoms with Crippen LogP contribution < -0.4 is 0 Å². The quantitative estimate of drug-likeness (QED) is 0.726. The third-order valence-corrected chi connectivity index (χ3v) is 3.45. The van der Waals surface area contributed by atoms with E-state index in [-0.39, 0.29) is 17.6 Å². The van der Waals surface area contributed by atoms with Gasteiger partial charge in [-0.25, -0.2) is 0 Å². The molecule has 0 amide bonds. The topological polar surface area (TPSA) is 47.3 Å². The summed E-state index contributed by atoms with van der Waals surface area (Å²) in [6, 6.07) is 2.59. The predicted molar refractivity (Wildman–Crippen MR) is 55.7 cm³/mol. The molecule has 0 bridgehead atoms. The van der Waals surface area contributed by atoms with Crippen molar-refractivity contribution in [2.75, 3.05) is 13.1 Å². The minimum atomic E-state index is -0.290. The van der Waals surface area contributed by atoms with Gasteiger partial charge in [0.15, 0.2) is 0 Å². The highest BCUT2D eigenvalue weighted by atomic mass is 16.3. The zero-order chi connectivity index (χ0) is 10.8. The Kier molecular flexibility index (Phi) is 3.52. The third kappa shape index (κ3) is 2.46. The van der Waals surface area contributed by atoms with Crippen LogP contribution in [0.2, 0.25) is 0 Å². The van der Waals surface area contributed by atoms with Gasteiger partial charge in [-0.1, -0.05) is 0 Å². The first-order valence-electron chi connectivity index (χ1n) is 5.32. The number of likely N-dealkylation sites (tertiary alicyclic amines) is 1. The lowest BCUT2D eigenvalue weighted by atomic mass is 9.81. The summed E-state index contributed by atoms with van der Waals surface area (Å²) in [5.41, 5.74) is -0.144. The van der Waals surface area contributed by atoms with E-state index < -0.39 is 0 Å². The molecule has 0 aliphatic carbocycles. The van der Waals surface area contributed by atoms with Crippen molar-refractivity contribution in [3.05, 3.63) is 0 Å². The van der Waals surface area contributed by atoms with Crippen molar-refractivity contribution in [2.45, 2.75) is 45.8 Å². The highest BCUT2D eigenvalue weighted by Gasteiger charge is 2.32. The fourth-order valence-electron chi connectivity index (χ4n) is 1.84.